The number of furan rings is 1. The molecule has 0 aliphatic rings. The molecule has 0 amide bonds. The first-order valence-electron chi connectivity index (χ1n) is 11.1. The zero-order valence-electron chi connectivity index (χ0n) is 19.2. The molecule has 35 heavy (non-hydrogen) atoms. The van der Waals surface area contributed by atoms with E-state index in [9.17, 15) is 18.3 Å². The maximum Gasteiger partial charge on any atom is 0.416 e. The third-order valence-electron chi connectivity index (χ3n) is 5.29. The van der Waals surface area contributed by atoms with Crippen LogP contribution in [0.4, 0.5) is 18.9 Å². The van der Waals surface area contributed by atoms with Crippen molar-refractivity contribution >= 4 is 11.3 Å². The number of hydrogen-bond donors (Lipinski definition) is 1. The average molecular weight is 484 g/mol. The number of alkyl halides is 3. The van der Waals surface area contributed by atoms with E-state index in [2.05, 4.69) is 13.2 Å². The zero-order valence-corrected chi connectivity index (χ0v) is 19.2. The van der Waals surface area contributed by atoms with Gasteiger partial charge in [-0.2, -0.15) is 13.2 Å². The summed E-state index contributed by atoms with van der Waals surface area (Å²) in [4.78, 5) is 1.48. The molecule has 1 atom stereocenters. The third kappa shape index (κ3) is 7.93. The quantitative estimate of drug-likeness (QED) is 0.288. The monoisotopic (exact) mass is 483 g/mol. The molecule has 0 radical (unpaired) electrons. The lowest BCUT2D eigenvalue weighted by molar-refractivity contribution is -0.200. The highest BCUT2D eigenvalue weighted by Crippen LogP contribution is 2.27. The van der Waals surface area contributed by atoms with Crippen LogP contribution in [0.2, 0.25) is 0 Å². The Balaban J connectivity index is 1.74. The van der Waals surface area contributed by atoms with Gasteiger partial charge in [-0.1, -0.05) is 61.2 Å². The molecule has 0 bridgehead atoms. The fourth-order valence-corrected chi connectivity index (χ4v) is 3.39. The topological polar surface area (TPSA) is 45.8 Å². The van der Waals surface area contributed by atoms with E-state index < -0.39 is 18.8 Å². The standard InChI is InChI=1S/C28H28F3NO3/c1-3-23(26-13-8-16-34-26)17-21(2)14-15-32(19-27(33)28(29,30)31)24-11-7-12-25(18-24)35-20-22-9-5-4-6-10-22/h3-13,16-18,27,33H,1-2,14-15,19-20H2/b23-17+. The third-order valence-corrected chi connectivity index (χ3v) is 5.29. The van der Waals surface area contributed by atoms with Gasteiger partial charge in [0, 0.05) is 23.9 Å². The average Bonchev–Trinajstić information content (AvgIpc) is 3.38. The fraction of sp³-hybridized carbons (Fsp3) is 0.214. The van der Waals surface area contributed by atoms with Crippen LogP contribution in [0.15, 0.2) is 108 Å². The number of allylic oxidation sites excluding steroid dienone is 3. The van der Waals surface area contributed by atoms with Crippen molar-refractivity contribution in [3.8, 4) is 5.75 Å². The van der Waals surface area contributed by atoms with Gasteiger partial charge in [0.15, 0.2) is 6.10 Å². The Hall–Kier alpha value is -3.71. The first-order valence-corrected chi connectivity index (χ1v) is 11.1. The molecule has 1 N–H and O–H groups in total. The minimum Gasteiger partial charge on any atom is -0.489 e. The number of halogens is 3. The molecule has 3 aromatic rings. The second-order valence-electron chi connectivity index (χ2n) is 7.96. The van der Waals surface area contributed by atoms with E-state index in [0.717, 1.165) is 11.1 Å². The largest absolute Gasteiger partial charge is 0.489 e. The maximum atomic E-state index is 13.1. The van der Waals surface area contributed by atoms with Crippen LogP contribution in [-0.2, 0) is 6.61 Å². The predicted molar refractivity (Wildman–Crippen MR) is 132 cm³/mol. The van der Waals surface area contributed by atoms with Gasteiger partial charge in [0.25, 0.3) is 0 Å². The Morgan fingerprint density at radius 2 is 1.86 bits per heavy atom. The second kappa shape index (κ2) is 12.1. The van der Waals surface area contributed by atoms with Gasteiger partial charge in [0.1, 0.15) is 18.1 Å². The molecule has 3 rings (SSSR count). The molecule has 1 heterocycles. The fourth-order valence-electron chi connectivity index (χ4n) is 3.39. The minimum atomic E-state index is -4.73. The first-order chi connectivity index (χ1) is 16.8. The number of rotatable bonds is 12. The molecule has 0 aliphatic carbocycles. The van der Waals surface area contributed by atoms with Gasteiger partial charge in [-0.25, -0.2) is 0 Å². The Labute approximate surface area is 203 Å². The molecule has 7 heteroatoms. The summed E-state index contributed by atoms with van der Waals surface area (Å²) >= 11 is 0. The molecule has 184 valence electrons. The highest BCUT2D eigenvalue weighted by atomic mass is 19.4. The summed E-state index contributed by atoms with van der Waals surface area (Å²) in [6.45, 7) is 7.71. The smallest absolute Gasteiger partial charge is 0.416 e. The van der Waals surface area contributed by atoms with Gasteiger partial charge in [0.05, 0.1) is 12.8 Å². The molecule has 0 spiro atoms. The van der Waals surface area contributed by atoms with Crippen LogP contribution in [0.5, 0.6) is 5.75 Å². The number of ether oxygens (including phenoxy) is 1. The molecule has 1 aromatic heterocycles. The lowest BCUT2D eigenvalue weighted by atomic mass is 10.1. The van der Waals surface area contributed by atoms with E-state index >= 15 is 0 Å². The summed E-state index contributed by atoms with van der Waals surface area (Å²) in [5.41, 5.74) is 2.88. The predicted octanol–water partition coefficient (Wildman–Crippen LogP) is 6.80. The van der Waals surface area contributed by atoms with Crippen LogP contribution in [-0.4, -0.2) is 30.5 Å². The van der Waals surface area contributed by atoms with Crippen molar-refractivity contribution in [2.75, 3.05) is 18.0 Å². The van der Waals surface area contributed by atoms with Crippen LogP contribution < -0.4 is 9.64 Å². The number of aliphatic hydroxyl groups excluding tert-OH is 1. The zero-order chi connectivity index (χ0) is 25.3. The Morgan fingerprint density at radius 3 is 2.51 bits per heavy atom. The van der Waals surface area contributed by atoms with Crippen molar-refractivity contribution in [3.63, 3.8) is 0 Å². The molecule has 0 aliphatic heterocycles. The highest BCUT2D eigenvalue weighted by Gasteiger charge is 2.39. The number of anilines is 1. The van der Waals surface area contributed by atoms with E-state index in [1.165, 1.54) is 4.90 Å². The van der Waals surface area contributed by atoms with Crippen molar-refractivity contribution in [2.24, 2.45) is 0 Å². The summed E-state index contributed by atoms with van der Waals surface area (Å²) in [5, 5.41) is 9.75. The Morgan fingerprint density at radius 1 is 1.09 bits per heavy atom. The van der Waals surface area contributed by atoms with Gasteiger partial charge in [-0.3, -0.25) is 0 Å². The number of aliphatic hydroxyl groups is 1. The van der Waals surface area contributed by atoms with Crippen LogP contribution in [0.1, 0.15) is 17.7 Å². The van der Waals surface area contributed by atoms with Crippen LogP contribution in [0.3, 0.4) is 0 Å². The lowest BCUT2D eigenvalue weighted by Gasteiger charge is -2.28. The van der Waals surface area contributed by atoms with Crippen molar-refractivity contribution in [1.29, 1.82) is 0 Å². The summed E-state index contributed by atoms with van der Waals surface area (Å²) < 4.78 is 50.6. The molecular weight excluding hydrogens is 455 g/mol. The Kier molecular flexibility index (Phi) is 8.98. The molecule has 0 saturated heterocycles. The van der Waals surface area contributed by atoms with Gasteiger partial charge in [-0.05, 0) is 42.3 Å². The van der Waals surface area contributed by atoms with Gasteiger partial charge in [0.2, 0.25) is 0 Å². The van der Waals surface area contributed by atoms with Crippen molar-refractivity contribution in [1.82, 2.24) is 0 Å². The summed E-state index contributed by atoms with van der Waals surface area (Å²) in [6, 6.07) is 19.9. The van der Waals surface area contributed by atoms with E-state index in [1.807, 2.05) is 30.3 Å². The van der Waals surface area contributed by atoms with E-state index in [0.29, 0.717) is 35.8 Å². The van der Waals surface area contributed by atoms with Gasteiger partial charge in [-0.15, -0.1) is 0 Å². The first kappa shape index (κ1) is 25.9. The number of hydrogen-bond acceptors (Lipinski definition) is 4. The van der Waals surface area contributed by atoms with E-state index in [4.69, 9.17) is 9.15 Å². The van der Waals surface area contributed by atoms with Crippen molar-refractivity contribution in [2.45, 2.75) is 25.3 Å². The normalized spacial score (nSPS) is 12.7. The highest BCUT2D eigenvalue weighted by molar-refractivity contribution is 5.72. The minimum absolute atomic E-state index is 0.202. The van der Waals surface area contributed by atoms with Crippen LogP contribution >= 0.6 is 0 Å². The van der Waals surface area contributed by atoms with Gasteiger partial charge >= 0.3 is 6.18 Å². The van der Waals surface area contributed by atoms with Crippen LogP contribution in [0.25, 0.3) is 5.57 Å². The van der Waals surface area contributed by atoms with E-state index in [1.54, 1.807) is 54.8 Å². The Bertz CT molecular complexity index is 1120. The van der Waals surface area contributed by atoms with Crippen molar-refractivity contribution < 1.29 is 27.4 Å². The molecule has 0 fully saturated rings. The van der Waals surface area contributed by atoms with E-state index in [-0.39, 0.29) is 6.54 Å². The summed E-state index contributed by atoms with van der Waals surface area (Å²) in [5.74, 6) is 1.14. The summed E-state index contributed by atoms with van der Waals surface area (Å²) in [7, 11) is 0. The van der Waals surface area contributed by atoms with Crippen LogP contribution in [0, 0.1) is 0 Å². The summed E-state index contributed by atoms with van der Waals surface area (Å²) in [6.07, 6.45) is -1.91. The maximum absolute atomic E-state index is 13.1. The second-order valence-corrected chi connectivity index (χ2v) is 7.96. The molecular formula is C28H28F3NO3. The molecule has 2 aromatic carbocycles. The molecule has 4 nitrogen and oxygen atoms in total. The number of benzene rings is 2. The SMILES string of the molecule is C=C/C(=C\C(=C)CCN(CC(O)C(F)(F)F)c1cccc(OCc2ccccc2)c1)c1ccco1. The molecule has 1 unspecified atom stereocenters. The molecule has 0 saturated carbocycles. The van der Waals surface area contributed by atoms with Gasteiger partial charge < -0.3 is 19.2 Å². The lowest BCUT2D eigenvalue weighted by Crippen LogP contribution is -2.41. The number of nitrogens with zero attached hydrogens (tertiary/aromatic N) is 1. The van der Waals surface area contributed by atoms with Crippen molar-refractivity contribution in [3.05, 3.63) is 115 Å².